The lowest BCUT2D eigenvalue weighted by Crippen LogP contribution is -2.54. The molecule has 2 aromatic heterocycles. The van der Waals surface area contributed by atoms with Gasteiger partial charge >= 0.3 is 0 Å². The van der Waals surface area contributed by atoms with Crippen molar-refractivity contribution in [2.24, 2.45) is 11.8 Å². The number of carbonyl (C=O) groups excluding carboxylic acids is 4. The van der Waals surface area contributed by atoms with Crippen LogP contribution in [-0.2, 0) is 27.3 Å². The van der Waals surface area contributed by atoms with Gasteiger partial charge in [-0.3, -0.25) is 19.2 Å². The van der Waals surface area contributed by atoms with Gasteiger partial charge in [0.25, 0.3) is 5.91 Å². The number of benzene rings is 1. The number of carbonyl (C=O) groups is 4. The fourth-order valence-electron chi connectivity index (χ4n) is 6.75. The van der Waals surface area contributed by atoms with E-state index in [9.17, 15) is 19.2 Å². The number of pyridine rings is 1. The Balaban J connectivity index is 1.18. The third-order valence-electron chi connectivity index (χ3n) is 9.12. The summed E-state index contributed by atoms with van der Waals surface area (Å²) < 4.78 is 7.75. The molecule has 1 aromatic carbocycles. The van der Waals surface area contributed by atoms with Crippen LogP contribution in [0.1, 0.15) is 54.2 Å². The van der Waals surface area contributed by atoms with Crippen molar-refractivity contribution in [2.45, 2.75) is 57.7 Å². The first kappa shape index (κ1) is 31.2. The SMILES string of the molecule is CC(=O)N[C@@H]1CCN(C(=O)C[C@@H]2CCN3C[C@@H]2CCOc2ncccc2C(=O)N[C@H](Cc2cn(Cc4ccccc4)nn2)C3=O)C1. The van der Waals surface area contributed by atoms with E-state index in [0.717, 1.165) is 12.0 Å². The molecule has 2 saturated heterocycles. The zero-order chi connectivity index (χ0) is 32.0. The Labute approximate surface area is 267 Å². The third kappa shape index (κ3) is 7.52. The summed E-state index contributed by atoms with van der Waals surface area (Å²) in [7, 11) is 0. The second-order valence-corrected chi connectivity index (χ2v) is 12.4. The Morgan fingerprint density at radius 3 is 2.72 bits per heavy atom. The number of nitrogens with one attached hydrogen (secondary N) is 2. The lowest BCUT2D eigenvalue weighted by Gasteiger charge is -2.40. The Morgan fingerprint density at radius 1 is 1.04 bits per heavy atom. The summed E-state index contributed by atoms with van der Waals surface area (Å²) in [6.45, 7) is 4.40. The Hall–Kier alpha value is -4.81. The first-order valence-corrected chi connectivity index (χ1v) is 16.0. The maximum atomic E-state index is 14.1. The Kier molecular flexibility index (Phi) is 9.55. The van der Waals surface area contributed by atoms with Gasteiger partial charge in [-0.05, 0) is 48.8 Å². The lowest BCUT2D eigenvalue weighted by atomic mass is 9.80. The molecule has 4 amide bonds. The number of piperidine rings is 1. The minimum absolute atomic E-state index is 0.0182. The molecule has 3 aliphatic rings. The molecule has 13 nitrogen and oxygen atoms in total. The predicted octanol–water partition coefficient (Wildman–Crippen LogP) is 1.44. The second kappa shape index (κ2) is 14.1. The Bertz CT molecular complexity index is 1560. The highest BCUT2D eigenvalue weighted by molar-refractivity contribution is 5.99. The fraction of sp³-hybridized carbons (Fsp3) is 0.485. The summed E-state index contributed by atoms with van der Waals surface area (Å²) in [4.78, 5) is 60.3. The third-order valence-corrected chi connectivity index (χ3v) is 9.12. The van der Waals surface area contributed by atoms with Gasteiger partial charge in [-0.2, -0.15) is 0 Å². The lowest BCUT2D eigenvalue weighted by molar-refractivity contribution is -0.137. The van der Waals surface area contributed by atoms with Crippen LogP contribution in [0, 0.1) is 11.8 Å². The molecule has 0 radical (unpaired) electrons. The van der Waals surface area contributed by atoms with Crippen LogP contribution in [0.2, 0.25) is 0 Å². The van der Waals surface area contributed by atoms with E-state index in [1.807, 2.05) is 35.2 Å². The topological polar surface area (TPSA) is 152 Å². The van der Waals surface area contributed by atoms with Gasteiger partial charge in [-0.25, -0.2) is 9.67 Å². The van der Waals surface area contributed by atoms with E-state index in [2.05, 4.69) is 25.9 Å². The predicted molar refractivity (Wildman–Crippen MR) is 166 cm³/mol. The minimum Gasteiger partial charge on any atom is -0.477 e. The van der Waals surface area contributed by atoms with Crippen molar-refractivity contribution in [1.29, 1.82) is 0 Å². The molecule has 0 aliphatic carbocycles. The van der Waals surface area contributed by atoms with Crippen molar-refractivity contribution < 1.29 is 23.9 Å². The highest BCUT2D eigenvalue weighted by atomic mass is 16.5. The standard InChI is InChI=1S/C33H40N8O5/c1-22(42)35-26-10-14-39(20-26)30(43)16-24-9-13-40-19-25(24)11-15-46-32-28(8-5-12-34-32)31(44)36-29(33(40)45)17-27-21-41(38-37-27)18-23-6-3-2-4-7-23/h2-8,12,21,24-26,29H,9-11,13-20H2,1H3,(H,35,42)(H,36,44)/t24-,25-,26+,29+/m0/s1. The molecule has 2 fully saturated rings. The summed E-state index contributed by atoms with van der Waals surface area (Å²) in [6.07, 6.45) is 5.92. The van der Waals surface area contributed by atoms with E-state index in [0.29, 0.717) is 64.3 Å². The maximum Gasteiger partial charge on any atom is 0.257 e. The van der Waals surface area contributed by atoms with Gasteiger partial charge < -0.3 is 25.2 Å². The van der Waals surface area contributed by atoms with Crippen LogP contribution in [0.15, 0.2) is 54.9 Å². The normalized spacial score (nSPS) is 23.4. The second-order valence-electron chi connectivity index (χ2n) is 12.4. The smallest absolute Gasteiger partial charge is 0.257 e. The van der Waals surface area contributed by atoms with E-state index < -0.39 is 11.9 Å². The molecule has 0 unspecified atom stereocenters. The molecule has 242 valence electrons. The molecule has 3 aliphatic heterocycles. The largest absolute Gasteiger partial charge is 0.477 e. The first-order chi connectivity index (χ1) is 22.3. The van der Waals surface area contributed by atoms with Gasteiger partial charge in [-0.1, -0.05) is 35.5 Å². The maximum absolute atomic E-state index is 14.1. The number of nitrogens with zero attached hydrogens (tertiary/aromatic N) is 6. The van der Waals surface area contributed by atoms with Crippen LogP contribution < -0.4 is 15.4 Å². The zero-order valence-corrected chi connectivity index (χ0v) is 26.0. The average molecular weight is 629 g/mol. The van der Waals surface area contributed by atoms with Crippen LogP contribution in [-0.4, -0.2) is 98.3 Å². The van der Waals surface area contributed by atoms with Crippen molar-refractivity contribution in [3.8, 4) is 5.88 Å². The van der Waals surface area contributed by atoms with Crippen molar-refractivity contribution in [3.63, 3.8) is 0 Å². The number of hydrogen-bond acceptors (Lipinski definition) is 8. The molecular formula is C33H40N8O5. The van der Waals surface area contributed by atoms with Gasteiger partial charge in [0.2, 0.25) is 23.6 Å². The molecule has 13 heteroatoms. The number of ether oxygens (including phenoxy) is 1. The number of amides is 4. The van der Waals surface area contributed by atoms with Crippen LogP contribution in [0.5, 0.6) is 5.88 Å². The van der Waals surface area contributed by atoms with Gasteiger partial charge in [0, 0.05) is 64.4 Å². The van der Waals surface area contributed by atoms with Gasteiger partial charge in [0.1, 0.15) is 11.6 Å². The number of hydrogen-bond donors (Lipinski definition) is 2. The zero-order valence-electron chi connectivity index (χ0n) is 26.0. The Morgan fingerprint density at radius 2 is 1.89 bits per heavy atom. The van der Waals surface area contributed by atoms with Crippen molar-refractivity contribution in [1.82, 2.24) is 40.4 Å². The van der Waals surface area contributed by atoms with E-state index in [1.54, 1.807) is 34.1 Å². The molecule has 3 aromatic rings. The monoisotopic (exact) mass is 628 g/mol. The highest BCUT2D eigenvalue weighted by Crippen LogP contribution is 2.32. The van der Waals surface area contributed by atoms with Crippen LogP contribution >= 0.6 is 0 Å². The summed E-state index contributed by atoms with van der Waals surface area (Å²) in [6, 6.07) is 12.3. The first-order valence-electron chi connectivity index (χ1n) is 16.0. The van der Waals surface area contributed by atoms with Crippen LogP contribution in [0.4, 0.5) is 0 Å². The van der Waals surface area contributed by atoms with E-state index in [1.165, 1.54) is 6.92 Å². The van der Waals surface area contributed by atoms with Crippen molar-refractivity contribution >= 4 is 23.6 Å². The van der Waals surface area contributed by atoms with Gasteiger partial charge in [-0.15, -0.1) is 5.10 Å². The molecule has 2 N–H and O–H groups in total. The average Bonchev–Trinajstić information content (AvgIpc) is 3.70. The molecule has 0 saturated carbocycles. The number of aromatic nitrogens is 4. The van der Waals surface area contributed by atoms with E-state index >= 15 is 0 Å². The van der Waals surface area contributed by atoms with Crippen LogP contribution in [0.25, 0.3) is 0 Å². The van der Waals surface area contributed by atoms with Gasteiger partial charge in [0.15, 0.2) is 0 Å². The summed E-state index contributed by atoms with van der Waals surface area (Å²) >= 11 is 0. The number of likely N-dealkylation sites (tertiary alicyclic amines) is 1. The van der Waals surface area contributed by atoms with Crippen molar-refractivity contribution in [3.05, 3.63) is 71.7 Å². The minimum atomic E-state index is -0.879. The fourth-order valence-corrected chi connectivity index (χ4v) is 6.75. The molecule has 5 heterocycles. The summed E-state index contributed by atoms with van der Waals surface area (Å²) in [5.74, 6) is -0.360. The van der Waals surface area contributed by atoms with Gasteiger partial charge in [0.05, 0.1) is 18.8 Å². The molecule has 6 rings (SSSR count). The number of fused-ring (bicyclic) bond motifs is 3. The van der Waals surface area contributed by atoms with Crippen molar-refractivity contribution in [2.75, 3.05) is 32.8 Å². The van der Waals surface area contributed by atoms with E-state index in [-0.39, 0.29) is 53.5 Å². The summed E-state index contributed by atoms with van der Waals surface area (Å²) in [5.41, 5.74) is 1.91. The quantitative estimate of drug-likeness (QED) is 0.399. The number of rotatable bonds is 7. The van der Waals surface area contributed by atoms with E-state index in [4.69, 9.17) is 4.74 Å². The molecule has 4 atom stereocenters. The summed E-state index contributed by atoms with van der Waals surface area (Å²) in [5, 5.41) is 14.4. The molecule has 0 spiro atoms. The highest BCUT2D eigenvalue weighted by Gasteiger charge is 2.38. The molecule has 46 heavy (non-hydrogen) atoms. The molecular weight excluding hydrogens is 588 g/mol. The van der Waals surface area contributed by atoms with Crippen LogP contribution in [0.3, 0.4) is 0 Å². The molecule has 2 bridgehead atoms.